The van der Waals surface area contributed by atoms with Gasteiger partial charge in [0.2, 0.25) is 0 Å². The van der Waals surface area contributed by atoms with Crippen molar-refractivity contribution in [3.8, 4) is 0 Å². The van der Waals surface area contributed by atoms with Crippen molar-refractivity contribution in [2.45, 2.75) is 38.9 Å². The average molecular weight is 233 g/mol. The van der Waals surface area contributed by atoms with E-state index < -0.39 is 0 Å². The summed E-state index contributed by atoms with van der Waals surface area (Å²) >= 11 is 0. The second-order valence-corrected chi connectivity index (χ2v) is 5.00. The molecular formula is C15H23NO. The Labute approximate surface area is 104 Å². The number of hydrogen-bond donors (Lipinski definition) is 1. The second kappa shape index (κ2) is 6.18. The first-order chi connectivity index (χ1) is 8.31. The molecule has 0 atom stereocenters. The topological polar surface area (TPSA) is 21.3 Å². The summed E-state index contributed by atoms with van der Waals surface area (Å²) in [6.07, 6.45) is 4.02. The number of hydrogen-bond acceptors (Lipinski definition) is 2. The van der Waals surface area contributed by atoms with Crippen LogP contribution in [0.2, 0.25) is 0 Å². The van der Waals surface area contributed by atoms with Crippen LogP contribution in [0.5, 0.6) is 0 Å². The van der Waals surface area contributed by atoms with Crippen molar-refractivity contribution in [2.75, 3.05) is 13.6 Å². The van der Waals surface area contributed by atoms with Gasteiger partial charge in [-0.05, 0) is 49.9 Å². The molecule has 0 bridgehead atoms. The molecule has 0 aliphatic heterocycles. The molecule has 94 valence electrons. The van der Waals surface area contributed by atoms with Crippen LogP contribution < -0.4 is 5.32 Å². The average Bonchev–Trinajstić information content (AvgIpc) is 2.32. The lowest BCUT2D eigenvalue weighted by molar-refractivity contribution is -0.0391. The van der Waals surface area contributed by atoms with Crippen LogP contribution >= 0.6 is 0 Å². The van der Waals surface area contributed by atoms with Gasteiger partial charge in [0.25, 0.3) is 0 Å². The van der Waals surface area contributed by atoms with E-state index >= 15 is 0 Å². The van der Waals surface area contributed by atoms with Gasteiger partial charge in [-0.3, -0.25) is 0 Å². The molecule has 2 rings (SSSR count). The van der Waals surface area contributed by atoms with E-state index in [1.165, 1.54) is 24.0 Å². The Balaban J connectivity index is 1.68. The molecule has 0 unspecified atom stereocenters. The van der Waals surface area contributed by atoms with Crippen LogP contribution in [0.3, 0.4) is 0 Å². The molecule has 1 aromatic carbocycles. The van der Waals surface area contributed by atoms with Crippen molar-refractivity contribution in [1.82, 2.24) is 5.32 Å². The fourth-order valence-corrected chi connectivity index (χ4v) is 2.35. The molecule has 1 aliphatic carbocycles. The number of nitrogens with one attached hydrogen (secondary N) is 1. The number of benzene rings is 1. The molecule has 1 N–H and O–H groups in total. The quantitative estimate of drug-likeness (QED) is 0.815. The zero-order valence-electron chi connectivity index (χ0n) is 10.9. The van der Waals surface area contributed by atoms with Gasteiger partial charge < -0.3 is 10.1 Å². The third-order valence-electron chi connectivity index (χ3n) is 3.60. The van der Waals surface area contributed by atoms with Crippen LogP contribution in [0.1, 0.15) is 30.9 Å². The van der Waals surface area contributed by atoms with Crippen LogP contribution in [0.4, 0.5) is 0 Å². The summed E-state index contributed by atoms with van der Waals surface area (Å²) in [7, 11) is 2.02. The fraction of sp³-hybridized carbons (Fsp3) is 0.600. The Morgan fingerprint density at radius 3 is 2.41 bits per heavy atom. The van der Waals surface area contributed by atoms with E-state index in [1.54, 1.807) is 0 Å². The normalized spacial score (nSPS) is 23.4. The highest BCUT2D eigenvalue weighted by Gasteiger charge is 2.28. The third-order valence-corrected chi connectivity index (χ3v) is 3.60. The molecule has 0 aromatic heterocycles. The molecule has 2 nitrogen and oxygen atoms in total. The highest BCUT2D eigenvalue weighted by atomic mass is 16.5. The monoisotopic (exact) mass is 233 g/mol. The van der Waals surface area contributed by atoms with E-state index in [0.29, 0.717) is 6.10 Å². The minimum absolute atomic E-state index is 0.485. The summed E-state index contributed by atoms with van der Waals surface area (Å²) in [5.74, 6) is 0.826. The molecule has 1 aromatic rings. The number of ether oxygens (including phenoxy) is 1. The molecule has 0 radical (unpaired) electrons. The molecular weight excluding hydrogens is 210 g/mol. The Kier molecular flexibility index (Phi) is 4.57. The molecule has 1 saturated carbocycles. The molecule has 1 fully saturated rings. The molecule has 1 aliphatic rings. The summed E-state index contributed by atoms with van der Waals surface area (Å²) in [5.41, 5.74) is 2.69. The van der Waals surface area contributed by atoms with Crippen LogP contribution in [0.25, 0.3) is 0 Å². The van der Waals surface area contributed by atoms with Gasteiger partial charge in [-0.1, -0.05) is 31.2 Å². The zero-order chi connectivity index (χ0) is 12.1. The summed E-state index contributed by atoms with van der Waals surface area (Å²) in [5, 5.41) is 3.22. The maximum absolute atomic E-state index is 5.89. The maximum atomic E-state index is 5.89. The largest absolute Gasteiger partial charge is 0.374 e. The SMILES string of the molecule is CCc1ccc(COC2CC(CNC)C2)cc1. The Hall–Kier alpha value is -0.860. The van der Waals surface area contributed by atoms with Crippen LogP contribution in [0, 0.1) is 5.92 Å². The zero-order valence-corrected chi connectivity index (χ0v) is 10.9. The highest BCUT2D eigenvalue weighted by Crippen LogP contribution is 2.30. The van der Waals surface area contributed by atoms with Crippen molar-refractivity contribution in [2.24, 2.45) is 5.92 Å². The highest BCUT2D eigenvalue weighted by molar-refractivity contribution is 5.21. The smallest absolute Gasteiger partial charge is 0.0720 e. The van der Waals surface area contributed by atoms with E-state index in [-0.39, 0.29) is 0 Å². The lowest BCUT2D eigenvalue weighted by Gasteiger charge is -2.35. The first-order valence-electron chi connectivity index (χ1n) is 6.65. The second-order valence-electron chi connectivity index (χ2n) is 5.00. The molecule has 0 spiro atoms. The van der Waals surface area contributed by atoms with Crippen LogP contribution in [-0.2, 0) is 17.8 Å². The van der Waals surface area contributed by atoms with Crippen molar-refractivity contribution in [3.05, 3.63) is 35.4 Å². The van der Waals surface area contributed by atoms with E-state index in [2.05, 4.69) is 36.5 Å². The third kappa shape index (κ3) is 3.55. The van der Waals surface area contributed by atoms with Gasteiger partial charge in [0, 0.05) is 0 Å². The Morgan fingerprint density at radius 2 is 1.82 bits per heavy atom. The number of rotatable bonds is 6. The lowest BCUT2D eigenvalue weighted by atomic mass is 9.82. The van der Waals surface area contributed by atoms with Crippen molar-refractivity contribution in [3.63, 3.8) is 0 Å². The van der Waals surface area contributed by atoms with Gasteiger partial charge in [-0.2, -0.15) is 0 Å². The first kappa shape index (κ1) is 12.6. The number of aryl methyl sites for hydroxylation is 1. The van der Waals surface area contributed by atoms with E-state index in [1.807, 2.05) is 7.05 Å². The Bertz CT molecular complexity index is 327. The van der Waals surface area contributed by atoms with Crippen molar-refractivity contribution < 1.29 is 4.74 Å². The molecule has 2 heteroatoms. The minimum Gasteiger partial charge on any atom is -0.374 e. The van der Waals surface area contributed by atoms with Crippen molar-refractivity contribution >= 4 is 0 Å². The summed E-state index contributed by atoms with van der Waals surface area (Å²) < 4.78 is 5.89. The predicted octanol–water partition coefficient (Wildman–Crippen LogP) is 2.76. The lowest BCUT2D eigenvalue weighted by Crippen LogP contribution is -2.36. The molecule has 0 heterocycles. The maximum Gasteiger partial charge on any atom is 0.0720 e. The predicted molar refractivity (Wildman–Crippen MR) is 71.0 cm³/mol. The minimum atomic E-state index is 0.485. The summed E-state index contributed by atoms with van der Waals surface area (Å²) in [6.45, 7) is 4.08. The van der Waals surface area contributed by atoms with Crippen LogP contribution in [-0.4, -0.2) is 19.7 Å². The molecule has 0 amide bonds. The van der Waals surface area contributed by atoms with E-state index in [0.717, 1.165) is 25.5 Å². The van der Waals surface area contributed by atoms with Crippen LogP contribution in [0.15, 0.2) is 24.3 Å². The summed E-state index contributed by atoms with van der Waals surface area (Å²) in [4.78, 5) is 0. The van der Waals surface area contributed by atoms with Crippen molar-refractivity contribution in [1.29, 1.82) is 0 Å². The van der Waals surface area contributed by atoms with Gasteiger partial charge in [0.15, 0.2) is 0 Å². The van der Waals surface area contributed by atoms with E-state index in [9.17, 15) is 0 Å². The van der Waals surface area contributed by atoms with Gasteiger partial charge >= 0.3 is 0 Å². The molecule has 17 heavy (non-hydrogen) atoms. The van der Waals surface area contributed by atoms with Gasteiger partial charge in [0.05, 0.1) is 12.7 Å². The van der Waals surface area contributed by atoms with Gasteiger partial charge in [0.1, 0.15) is 0 Å². The van der Waals surface area contributed by atoms with Gasteiger partial charge in [-0.25, -0.2) is 0 Å². The van der Waals surface area contributed by atoms with E-state index in [4.69, 9.17) is 4.74 Å². The summed E-state index contributed by atoms with van der Waals surface area (Å²) in [6, 6.07) is 8.76. The Morgan fingerprint density at radius 1 is 1.18 bits per heavy atom. The molecule has 0 saturated heterocycles. The van der Waals surface area contributed by atoms with Gasteiger partial charge in [-0.15, -0.1) is 0 Å². The standard InChI is InChI=1S/C15H23NO/c1-3-12-4-6-13(7-5-12)11-17-15-8-14(9-15)10-16-2/h4-7,14-16H,3,8-11H2,1-2H3. The fourth-order valence-electron chi connectivity index (χ4n) is 2.35. The first-order valence-corrected chi connectivity index (χ1v) is 6.65.